The maximum atomic E-state index is 6.11. The fraction of sp³-hybridized carbons (Fsp3) is 0.571. The molecule has 0 bridgehead atoms. The minimum Gasteiger partial charge on any atom is -0.383 e. The van der Waals surface area contributed by atoms with Gasteiger partial charge in [-0.05, 0) is 36.9 Å². The second kappa shape index (κ2) is 5.84. The Balaban J connectivity index is 2.04. The molecule has 1 aliphatic carbocycles. The van der Waals surface area contributed by atoms with Gasteiger partial charge in [-0.1, -0.05) is 6.92 Å². The molecule has 0 spiro atoms. The van der Waals surface area contributed by atoms with Gasteiger partial charge in [-0.15, -0.1) is 11.3 Å². The quantitative estimate of drug-likeness (QED) is 0.765. The van der Waals surface area contributed by atoms with Crippen LogP contribution in [0.5, 0.6) is 0 Å². The molecule has 0 radical (unpaired) electrons. The number of ether oxygens (including phenoxy) is 1. The maximum absolute atomic E-state index is 6.11. The summed E-state index contributed by atoms with van der Waals surface area (Å²) in [6.07, 6.45) is 3.45. The summed E-state index contributed by atoms with van der Waals surface area (Å²) < 4.78 is 5.22. The van der Waals surface area contributed by atoms with Crippen molar-refractivity contribution < 1.29 is 4.74 Å². The van der Waals surface area contributed by atoms with Crippen LogP contribution in [0, 0.1) is 0 Å². The van der Waals surface area contributed by atoms with Crippen molar-refractivity contribution in [2.24, 2.45) is 0 Å². The van der Waals surface area contributed by atoms with E-state index < -0.39 is 0 Å². The molecule has 3 rings (SSSR count). The summed E-state index contributed by atoms with van der Waals surface area (Å²) in [5.74, 6) is 0.968. The second-order valence-corrected chi connectivity index (χ2v) is 6.47. The third kappa shape index (κ3) is 2.75. The largest absolute Gasteiger partial charge is 0.383 e. The highest BCUT2D eigenvalue weighted by Gasteiger charge is 2.31. The zero-order chi connectivity index (χ0) is 14.1. The van der Waals surface area contributed by atoms with Crippen LogP contribution in [0.2, 0.25) is 5.28 Å². The Morgan fingerprint density at radius 1 is 1.45 bits per heavy atom. The van der Waals surface area contributed by atoms with Crippen molar-refractivity contribution in [3.63, 3.8) is 0 Å². The van der Waals surface area contributed by atoms with Crippen LogP contribution in [0.1, 0.15) is 24.6 Å². The third-order valence-electron chi connectivity index (χ3n) is 3.54. The Morgan fingerprint density at radius 2 is 2.25 bits per heavy atom. The topological polar surface area (TPSA) is 38.2 Å². The molecule has 1 fully saturated rings. The molecule has 0 aliphatic heterocycles. The number of fused-ring (bicyclic) bond motifs is 1. The average molecular weight is 312 g/mol. The number of rotatable bonds is 6. The number of aromatic nitrogens is 2. The van der Waals surface area contributed by atoms with E-state index in [1.54, 1.807) is 18.4 Å². The van der Waals surface area contributed by atoms with E-state index in [9.17, 15) is 0 Å². The molecule has 0 atom stereocenters. The number of methoxy groups -OCH3 is 1. The van der Waals surface area contributed by atoms with Gasteiger partial charge in [0.15, 0.2) is 0 Å². The smallest absolute Gasteiger partial charge is 0.225 e. The molecule has 2 heterocycles. The van der Waals surface area contributed by atoms with Crippen molar-refractivity contribution in [3.8, 4) is 0 Å². The van der Waals surface area contributed by atoms with Crippen molar-refractivity contribution in [3.05, 3.63) is 16.2 Å². The molecule has 0 N–H and O–H groups in total. The molecule has 4 nitrogen and oxygen atoms in total. The highest BCUT2D eigenvalue weighted by atomic mass is 35.5. The first kappa shape index (κ1) is 14.0. The van der Waals surface area contributed by atoms with E-state index in [0.29, 0.717) is 17.9 Å². The molecular formula is C14H18ClN3OS. The number of nitrogens with zero attached hydrogens (tertiary/aromatic N) is 3. The van der Waals surface area contributed by atoms with E-state index in [0.717, 1.165) is 29.0 Å². The first-order valence-corrected chi connectivity index (χ1v) is 8.14. The first-order valence-electron chi connectivity index (χ1n) is 6.94. The number of anilines is 1. The fourth-order valence-corrected chi connectivity index (χ4v) is 3.54. The van der Waals surface area contributed by atoms with Gasteiger partial charge in [0.2, 0.25) is 5.28 Å². The summed E-state index contributed by atoms with van der Waals surface area (Å²) in [6.45, 7) is 3.70. The predicted molar refractivity (Wildman–Crippen MR) is 84.0 cm³/mol. The van der Waals surface area contributed by atoms with Crippen LogP contribution in [-0.4, -0.2) is 36.3 Å². The van der Waals surface area contributed by atoms with Gasteiger partial charge in [0.1, 0.15) is 10.6 Å². The Kier molecular flexibility index (Phi) is 4.10. The molecule has 6 heteroatoms. The Morgan fingerprint density at radius 3 is 2.90 bits per heavy atom. The predicted octanol–water partition coefficient (Wildman–Crippen LogP) is 3.52. The lowest BCUT2D eigenvalue weighted by Gasteiger charge is -2.23. The Labute approximate surface area is 127 Å². The summed E-state index contributed by atoms with van der Waals surface area (Å²) in [6, 6.07) is 2.78. The highest BCUT2D eigenvalue weighted by molar-refractivity contribution is 7.18. The monoisotopic (exact) mass is 311 g/mol. The minimum absolute atomic E-state index is 0.333. The molecule has 108 valence electrons. The number of halogens is 1. The van der Waals surface area contributed by atoms with Crippen LogP contribution in [-0.2, 0) is 11.2 Å². The van der Waals surface area contributed by atoms with Crippen LogP contribution in [0.3, 0.4) is 0 Å². The molecule has 0 amide bonds. The zero-order valence-electron chi connectivity index (χ0n) is 11.7. The highest BCUT2D eigenvalue weighted by Crippen LogP contribution is 2.37. The minimum atomic E-state index is 0.333. The Hall–Kier alpha value is -0.910. The van der Waals surface area contributed by atoms with Gasteiger partial charge >= 0.3 is 0 Å². The van der Waals surface area contributed by atoms with E-state index in [2.05, 4.69) is 27.9 Å². The fourth-order valence-electron chi connectivity index (χ4n) is 2.36. The zero-order valence-corrected chi connectivity index (χ0v) is 13.3. The summed E-state index contributed by atoms with van der Waals surface area (Å²) >= 11 is 7.81. The third-order valence-corrected chi connectivity index (χ3v) is 4.88. The van der Waals surface area contributed by atoms with Gasteiger partial charge in [-0.25, -0.2) is 4.98 Å². The number of thiophene rings is 1. The van der Waals surface area contributed by atoms with Gasteiger partial charge in [0.05, 0.1) is 12.0 Å². The molecule has 0 aromatic carbocycles. The van der Waals surface area contributed by atoms with E-state index in [4.69, 9.17) is 16.3 Å². The molecule has 20 heavy (non-hydrogen) atoms. The van der Waals surface area contributed by atoms with Crippen molar-refractivity contribution in [2.75, 3.05) is 25.2 Å². The number of hydrogen-bond donors (Lipinski definition) is 0. The van der Waals surface area contributed by atoms with Crippen LogP contribution >= 0.6 is 22.9 Å². The van der Waals surface area contributed by atoms with Gasteiger partial charge in [-0.3, -0.25) is 0 Å². The maximum Gasteiger partial charge on any atom is 0.225 e. The molecule has 0 unspecified atom stereocenters. The first-order chi connectivity index (χ1) is 9.72. The lowest BCUT2D eigenvalue weighted by Crippen LogP contribution is -2.30. The molecular weight excluding hydrogens is 294 g/mol. The lowest BCUT2D eigenvalue weighted by atomic mass is 10.3. The summed E-state index contributed by atoms with van der Waals surface area (Å²) in [7, 11) is 1.73. The molecule has 0 saturated heterocycles. The van der Waals surface area contributed by atoms with Crippen LogP contribution in [0.15, 0.2) is 6.07 Å². The van der Waals surface area contributed by atoms with Crippen molar-refractivity contribution in [1.82, 2.24) is 9.97 Å². The van der Waals surface area contributed by atoms with E-state index in [-0.39, 0.29) is 0 Å². The lowest BCUT2D eigenvalue weighted by molar-refractivity contribution is 0.205. The second-order valence-electron chi connectivity index (χ2n) is 5.02. The van der Waals surface area contributed by atoms with Crippen LogP contribution in [0.4, 0.5) is 5.82 Å². The van der Waals surface area contributed by atoms with Gasteiger partial charge in [0.25, 0.3) is 0 Å². The van der Waals surface area contributed by atoms with E-state index in [1.165, 1.54) is 17.7 Å². The molecule has 2 aromatic rings. The summed E-state index contributed by atoms with van der Waals surface area (Å²) in [5.41, 5.74) is 0. The van der Waals surface area contributed by atoms with Crippen LogP contribution in [0.25, 0.3) is 10.2 Å². The summed E-state index contributed by atoms with van der Waals surface area (Å²) in [4.78, 5) is 13.5. The Bertz CT molecular complexity index is 612. The molecule has 1 saturated carbocycles. The SMILES string of the molecule is CCc1cc2c(N(CCOC)C3CC3)nc(Cl)nc2s1. The van der Waals surface area contributed by atoms with E-state index in [1.807, 2.05) is 0 Å². The average Bonchev–Trinajstić information content (AvgIpc) is 3.18. The van der Waals surface area contributed by atoms with Crippen LogP contribution < -0.4 is 4.90 Å². The normalized spacial score (nSPS) is 14.9. The van der Waals surface area contributed by atoms with Gasteiger partial charge in [0, 0.05) is 24.6 Å². The molecule has 1 aliphatic rings. The van der Waals surface area contributed by atoms with Gasteiger partial charge < -0.3 is 9.64 Å². The number of aryl methyl sites for hydroxylation is 1. The van der Waals surface area contributed by atoms with Crippen molar-refractivity contribution in [2.45, 2.75) is 32.2 Å². The van der Waals surface area contributed by atoms with E-state index >= 15 is 0 Å². The van der Waals surface area contributed by atoms with Crippen molar-refractivity contribution >= 4 is 39.0 Å². The molecule has 2 aromatic heterocycles. The van der Waals surface area contributed by atoms with Gasteiger partial charge in [-0.2, -0.15) is 4.98 Å². The number of hydrogen-bond acceptors (Lipinski definition) is 5. The van der Waals surface area contributed by atoms with Crippen molar-refractivity contribution in [1.29, 1.82) is 0 Å². The summed E-state index contributed by atoms with van der Waals surface area (Å²) in [5, 5.41) is 1.46. The standard InChI is InChI=1S/C14H18ClN3OS/c1-3-10-8-11-12(16-14(15)17-13(11)20-10)18(6-7-19-2)9-4-5-9/h8-9H,3-7H2,1-2H3.